The maximum Gasteiger partial charge on any atom is 0.135 e. The molecule has 0 N–H and O–H groups in total. The van der Waals surface area contributed by atoms with Crippen molar-refractivity contribution in [2.24, 2.45) is 16.3 Å². The number of hydrogen-bond donors (Lipinski definition) is 0. The second-order valence-electron chi connectivity index (χ2n) is 8.31. The van der Waals surface area contributed by atoms with Crippen molar-refractivity contribution in [3.05, 3.63) is 33.7 Å². The molecule has 1 aliphatic carbocycles. The molecule has 0 radical (unpaired) electrons. The molecule has 6 heteroatoms. The first kappa shape index (κ1) is 21.2. The van der Waals surface area contributed by atoms with E-state index in [1.807, 2.05) is 0 Å². The molecular weight excluding hydrogens is 384 g/mol. The zero-order chi connectivity index (χ0) is 21.2. The van der Waals surface area contributed by atoms with Gasteiger partial charge < -0.3 is 14.2 Å². The molecule has 1 aromatic carbocycles. The van der Waals surface area contributed by atoms with Crippen LogP contribution >= 0.6 is 11.3 Å². The Kier molecular flexibility index (Phi) is 6.18. The Morgan fingerprint density at radius 1 is 1.14 bits per heavy atom. The Bertz CT molecular complexity index is 939. The number of hydrogen-bond acceptors (Lipinski definition) is 6. The fourth-order valence-corrected chi connectivity index (χ4v) is 5.02. The normalized spacial score (nSPS) is 16.4. The van der Waals surface area contributed by atoms with Crippen LogP contribution in [0.15, 0.2) is 17.1 Å². The van der Waals surface area contributed by atoms with E-state index in [9.17, 15) is 5.26 Å². The lowest BCUT2D eigenvalue weighted by atomic mass is 9.72. The summed E-state index contributed by atoms with van der Waals surface area (Å²) in [4.78, 5) is 5.98. The van der Waals surface area contributed by atoms with E-state index in [-0.39, 0.29) is 5.41 Å². The third-order valence-electron chi connectivity index (χ3n) is 5.65. The minimum Gasteiger partial charge on any atom is -0.496 e. The van der Waals surface area contributed by atoms with Crippen LogP contribution < -0.4 is 14.2 Å². The second-order valence-corrected chi connectivity index (χ2v) is 9.39. The molecule has 5 nitrogen and oxygen atoms in total. The molecule has 0 saturated carbocycles. The summed E-state index contributed by atoms with van der Waals surface area (Å²) in [6.45, 7) is 6.88. The first-order valence-corrected chi connectivity index (χ1v) is 10.5. The van der Waals surface area contributed by atoms with Crippen molar-refractivity contribution in [3.8, 4) is 23.3 Å². The zero-order valence-corrected chi connectivity index (χ0v) is 18.8. The average molecular weight is 413 g/mol. The van der Waals surface area contributed by atoms with Gasteiger partial charge in [0, 0.05) is 23.2 Å². The number of nitrogens with zero attached hydrogens (tertiary/aromatic N) is 2. The number of aliphatic imine (C=N–C) groups is 1. The van der Waals surface area contributed by atoms with Gasteiger partial charge in [-0.25, -0.2) is 4.99 Å². The van der Waals surface area contributed by atoms with Crippen molar-refractivity contribution in [2.45, 2.75) is 40.0 Å². The summed E-state index contributed by atoms with van der Waals surface area (Å²) >= 11 is 1.63. The van der Waals surface area contributed by atoms with Gasteiger partial charge in [-0.05, 0) is 36.2 Å². The number of fused-ring (bicyclic) bond motifs is 1. The Morgan fingerprint density at radius 3 is 2.31 bits per heavy atom. The van der Waals surface area contributed by atoms with Crippen LogP contribution in [0.3, 0.4) is 0 Å². The van der Waals surface area contributed by atoms with E-state index in [1.165, 1.54) is 10.4 Å². The summed E-state index contributed by atoms with van der Waals surface area (Å²) in [5, 5.41) is 10.5. The van der Waals surface area contributed by atoms with Crippen LogP contribution in [0.25, 0.3) is 0 Å². The summed E-state index contributed by atoms with van der Waals surface area (Å²) in [6, 6.07) is 5.97. The van der Waals surface area contributed by atoms with Crippen LogP contribution in [-0.4, -0.2) is 27.5 Å². The number of methoxy groups -OCH3 is 3. The topological polar surface area (TPSA) is 63.8 Å². The number of rotatable bonds is 5. The molecule has 1 heterocycles. The molecule has 1 aromatic heterocycles. The Labute approximate surface area is 176 Å². The molecule has 0 bridgehead atoms. The molecule has 3 rings (SSSR count). The quantitative estimate of drug-likeness (QED) is 0.604. The SMILES string of the molecule is COc1cc(OC)c(C=Nc2sc3c(c2C#N)CC[C@H](C(C)(C)C)C3)c(OC)c1. The van der Waals surface area contributed by atoms with Gasteiger partial charge in [-0.2, -0.15) is 5.26 Å². The van der Waals surface area contributed by atoms with E-state index in [1.54, 1.807) is 51.0 Å². The molecule has 154 valence electrons. The summed E-state index contributed by atoms with van der Waals surface area (Å²) in [6.07, 6.45) is 4.80. The molecule has 0 spiro atoms. The van der Waals surface area contributed by atoms with Crippen molar-refractivity contribution < 1.29 is 14.2 Å². The Hall–Kier alpha value is -2.52. The highest BCUT2D eigenvalue weighted by molar-refractivity contribution is 7.16. The molecule has 0 unspecified atom stereocenters. The highest BCUT2D eigenvalue weighted by atomic mass is 32.1. The summed E-state index contributed by atoms with van der Waals surface area (Å²) in [7, 11) is 4.80. The number of ether oxygens (including phenoxy) is 3. The van der Waals surface area contributed by atoms with Gasteiger partial charge in [-0.3, -0.25) is 0 Å². The van der Waals surface area contributed by atoms with Crippen LogP contribution in [-0.2, 0) is 12.8 Å². The van der Waals surface area contributed by atoms with E-state index in [0.29, 0.717) is 28.7 Å². The minimum absolute atomic E-state index is 0.266. The first-order valence-electron chi connectivity index (χ1n) is 9.71. The van der Waals surface area contributed by atoms with Crippen molar-refractivity contribution in [3.63, 3.8) is 0 Å². The van der Waals surface area contributed by atoms with Crippen LogP contribution in [0.2, 0.25) is 0 Å². The molecular formula is C23H28N2O3S. The lowest BCUT2D eigenvalue weighted by Gasteiger charge is -2.33. The van der Waals surface area contributed by atoms with Crippen molar-refractivity contribution >= 4 is 22.6 Å². The fraction of sp³-hybridized carbons (Fsp3) is 0.478. The number of benzene rings is 1. The van der Waals surface area contributed by atoms with Gasteiger partial charge in [0.05, 0.1) is 32.5 Å². The van der Waals surface area contributed by atoms with Crippen molar-refractivity contribution in [1.29, 1.82) is 5.26 Å². The second kappa shape index (κ2) is 8.46. The van der Waals surface area contributed by atoms with E-state index >= 15 is 0 Å². The van der Waals surface area contributed by atoms with E-state index in [4.69, 9.17) is 14.2 Å². The van der Waals surface area contributed by atoms with Crippen LogP contribution in [0.1, 0.15) is 48.8 Å². The molecule has 2 aromatic rings. The summed E-state index contributed by atoms with van der Waals surface area (Å²) in [5.74, 6) is 2.49. The molecule has 0 aliphatic heterocycles. The standard InChI is InChI=1S/C23H28N2O3S/c1-23(2,3)14-7-8-16-17(12-24)22(29-21(16)9-14)25-13-18-19(27-5)10-15(26-4)11-20(18)28-6/h10-11,13-14H,7-9H2,1-6H3/t14-/m0/s1. The van der Waals surface area contributed by atoms with Gasteiger partial charge in [0.25, 0.3) is 0 Å². The molecule has 0 saturated heterocycles. The maximum absolute atomic E-state index is 9.77. The summed E-state index contributed by atoms with van der Waals surface area (Å²) < 4.78 is 16.3. The molecule has 29 heavy (non-hydrogen) atoms. The minimum atomic E-state index is 0.266. The highest BCUT2D eigenvalue weighted by Crippen LogP contribution is 2.45. The van der Waals surface area contributed by atoms with Crippen LogP contribution in [0.5, 0.6) is 17.2 Å². The lowest BCUT2D eigenvalue weighted by molar-refractivity contribution is 0.218. The summed E-state index contributed by atoms with van der Waals surface area (Å²) in [5.41, 5.74) is 2.87. The van der Waals surface area contributed by atoms with E-state index in [2.05, 4.69) is 31.8 Å². The molecule has 1 atom stereocenters. The predicted molar refractivity (Wildman–Crippen MR) is 117 cm³/mol. The largest absolute Gasteiger partial charge is 0.496 e. The van der Waals surface area contributed by atoms with Gasteiger partial charge >= 0.3 is 0 Å². The van der Waals surface area contributed by atoms with Crippen molar-refractivity contribution in [2.75, 3.05) is 21.3 Å². The maximum atomic E-state index is 9.77. The van der Waals surface area contributed by atoms with Crippen LogP contribution in [0, 0.1) is 22.7 Å². The van der Waals surface area contributed by atoms with Gasteiger partial charge in [0.15, 0.2) is 0 Å². The van der Waals surface area contributed by atoms with E-state index in [0.717, 1.165) is 29.8 Å². The fourth-order valence-electron chi connectivity index (χ4n) is 3.80. The highest BCUT2D eigenvalue weighted by Gasteiger charge is 2.32. The van der Waals surface area contributed by atoms with Gasteiger partial charge in [-0.1, -0.05) is 20.8 Å². The van der Waals surface area contributed by atoms with Gasteiger partial charge in [0.2, 0.25) is 0 Å². The monoisotopic (exact) mass is 412 g/mol. The third-order valence-corrected chi connectivity index (χ3v) is 6.81. The zero-order valence-electron chi connectivity index (χ0n) is 18.0. The lowest BCUT2D eigenvalue weighted by Crippen LogP contribution is -2.26. The number of thiophene rings is 1. The third kappa shape index (κ3) is 4.25. The van der Waals surface area contributed by atoms with Crippen molar-refractivity contribution in [1.82, 2.24) is 0 Å². The number of nitriles is 1. The Balaban J connectivity index is 1.99. The smallest absolute Gasteiger partial charge is 0.135 e. The van der Waals surface area contributed by atoms with E-state index < -0.39 is 0 Å². The first-order chi connectivity index (χ1) is 13.8. The Morgan fingerprint density at radius 2 is 1.79 bits per heavy atom. The van der Waals surface area contributed by atoms with Gasteiger partial charge in [0.1, 0.15) is 28.3 Å². The molecule has 0 fully saturated rings. The molecule has 1 aliphatic rings. The van der Waals surface area contributed by atoms with Crippen LogP contribution in [0.4, 0.5) is 5.00 Å². The average Bonchev–Trinajstić information content (AvgIpc) is 3.07. The molecule has 0 amide bonds. The predicted octanol–water partition coefficient (Wildman–Crippen LogP) is 5.55. The van der Waals surface area contributed by atoms with Gasteiger partial charge in [-0.15, -0.1) is 11.3 Å².